The fourth-order valence-electron chi connectivity index (χ4n) is 7.17. The minimum atomic E-state index is -0.846. The lowest BCUT2D eigenvalue weighted by atomic mass is 9.40. The first-order chi connectivity index (χ1) is 19.1. The molecule has 12 nitrogen and oxygen atoms in total. The van der Waals surface area contributed by atoms with Crippen LogP contribution >= 0.6 is 23.5 Å². The third kappa shape index (κ3) is 4.56. The molecule has 2 heterocycles. The highest BCUT2D eigenvalue weighted by Crippen LogP contribution is 2.68. The van der Waals surface area contributed by atoms with Gasteiger partial charge in [-0.1, -0.05) is 12.2 Å². The summed E-state index contributed by atoms with van der Waals surface area (Å²) in [7, 11) is 0. The number of nitrogens with zero attached hydrogens (tertiary/aromatic N) is 2. The van der Waals surface area contributed by atoms with E-state index in [-0.39, 0.29) is 11.8 Å². The second-order valence-electron chi connectivity index (χ2n) is 11.0. The van der Waals surface area contributed by atoms with Crippen LogP contribution in [0, 0.1) is 47.3 Å². The zero-order chi connectivity index (χ0) is 28.9. The molecule has 2 saturated carbocycles. The van der Waals surface area contributed by atoms with Gasteiger partial charge in [-0.2, -0.15) is 23.5 Å². The van der Waals surface area contributed by atoms with Gasteiger partial charge in [-0.25, -0.2) is 9.80 Å². The number of amides is 4. The lowest BCUT2D eigenvalue weighted by Gasteiger charge is -2.60. The Morgan fingerprint density at radius 2 is 1.07 bits per heavy atom. The predicted octanol–water partition coefficient (Wildman–Crippen LogP) is -0.587. The van der Waals surface area contributed by atoms with Crippen molar-refractivity contribution in [2.24, 2.45) is 58.8 Å². The fraction of sp³-hybridized carbons (Fsp3) is 0.692. The molecule has 218 valence electrons. The lowest BCUT2D eigenvalue weighted by molar-refractivity contribution is -0.166. The van der Waals surface area contributed by atoms with Gasteiger partial charge in [-0.05, 0) is 60.5 Å². The maximum atomic E-state index is 13.4. The molecule has 10 unspecified atom stereocenters. The zero-order valence-electron chi connectivity index (χ0n) is 22.3. The van der Waals surface area contributed by atoms with Crippen LogP contribution in [0.1, 0.15) is 12.8 Å². The molecule has 0 aromatic heterocycles. The third-order valence-electron chi connectivity index (χ3n) is 9.07. The first-order valence-corrected chi connectivity index (χ1v) is 16.1. The molecule has 14 heteroatoms. The van der Waals surface area contributed by atoms with Crippen LogP contribution in [-0.2, 0) is 38.2 Å². The van der Waals surface area contributed by atoms with Crippen LogP contribution in [0.3, 0.4) is 0 Å². The Kier molecular flexibility index (Phi) is 8.33. The lowest BCUT2D eigenvalue weighted by Crippen LogP contribution is -2.63. The SMILES string of the molecule is CSCCC(N)C(=O)OCN1C(=O)C2C3C=CC(C2C1=O)C1C2C(=O)N(COC(=O)C(N)CCSC)C(=O)C2C31. The van der Waals surface area contributed by atoms with E-state index < -0.39 is 96.6 Å². The highest BCUT2D eigenvalue weighted by atomic mass is 32.2. The van der Waals surface area contributed by atoms with Gasteiger partial charge in [0.15, 0.2) is 13.5 Å². The highest BCUT2D eigenvalue weighted by Gasteiger charge is 2.75. The number of imide groups is 2. The Hall–Kier alpha value is -2.42. The second kappa shape index (κ2) is 11.5. The second-order valence-corrected chi connectivity index (χ2v) is 12.9. The van der Waals surface area contributed by atoms with E-state index in [1.54, 1.807) is 23.5 Å². The number of allylic oxidation sites excluding steroid dienone is 2. The molecule has 0 aromatic rings. The summed E-state index contributed by atoms with van der Waals surface area (Å²) in [5.41, 5.74) is 11.7. The van der Waals surface area contributed by atoms with Crippen molar-refractivity contribution >= 4 is 59.1 Å². The van der Waals surface area contributed by atoms with E-state index in [0.29, 0.717) is 24.3 Å². The summed E-state index contributed by atoms with van der Waals surface area (Å²) < 4.78 is 10.4. The van der Waals surface area contributed by atoms with Crippen molar-refractivity contribution < 1.29 is 38.2 Å². The molecule has 0 aromatic carbocycles. The van der Waals surface area contributed by atoms with Crippen LogP contribution in [0.2, 0.25) is 0 Å². The van der Waals surface area contributed by atoms with Gasteiger partial charge in [-0.3, -0.25) is 28.8 Å². The van der Waals surface area contributed by atoms with E-state index in [4.69, 9.17) is 20.9 Å². The average Bonchev–Trinajstić information content (AvgIpc) is 3.30. The quantitative estimate of drug-likeness (QED) is 0.167. The average molecular weight is 595 g/mol. The number of carbonyl (C=O) groups is 6. The first-order valence-electron chi connectivity index (χ1n) is 13.3. The topological polar surface area (TPSA) is 179 Å². The molecule has 6 aliphatic rings. The van der Waals surface area contributed by atoms with Crippen molar-refractivity contribution in [2.45, 2.75) is 24.9 Å². The van der Waals surface area contributed by atoms with E-state index >= 15 is 0 Å². The van der Waals surface area contributed by atoms with Crippen LogP contribution in [0.15, 0.2) is 12.2 Å². The summed E-state index contributed by atoms with van der Waals surface area (Å²) in [5, 5.41) is 0. The summed E-state index contributed by atoms with van der Waals surface area (Å²) in [6.45, 7) is -1.00. The van der Waals surface area contributed by atoms with Gasteiger partial charge in [0.1, 0.15) is 12.1 Å². The van der Waals surface area contributed by atoms with E-state index in [2.05, 4.69) is 0 Å². The standard InChI is InChI=1S/C26H34N4O8S2/c1-39-7-5-13(27)25(35)37-9-29-21(31)17-11-3-4-12(18(17)22(29)32)16-15(11)19-20(16)24(34)30(23(19)33)10-38-26(36)14(28)6-8-40-2/h3-4,11-20H,5-10,27-28H2,1-2H3. The fourth-order valence-corrected chi connectivity index (χ4v) is 8.15. The Labute approximate surface area is 240 Å². The Morgan fingerprint density at radius 3 is 1.43 bits per heavy atom. The monoisotopic (exact) mass is 594 g/mol. The van der Waals surface area contributed by atoms with Crippen molar-refractivity contribution in [1.82, 2.24) is 9.80 Å². The number of ether oxygens (including phenoxy) is 2. The molecule has 2 saturated heterocycles. The van der Waals surface area contributed by atoms with Crippen molar-refractivity contribution in [1.29, 1.82) is 0 Å². The molecule has 40 heavy (non-hydrogen) atoms. The maximum Gasteiger partial charge on any atom is 0.324 e. The molecule has 2 aliphatic heterocycles. The summed E-state index contributed by atoms with van der Waals surface area (Å²) in [6.07, 6.45) is 8.38. The molecule has 4 aliphatic carbocycles. The third-order valence-corrected chi connectivity index (χ3v) is 10.4. The summed E-state index contributed by atoms with van der Waals surface area (Å²) in [6, 6.07) is -1.69. The number of hydrogen-bond acceptors (Lipinski definition) is 12. The van der Waals surface area contributed by atoms with E-state index in [9.17, 15) is 28.8 Å². The first kappa shape index (κ1) is 29.1. The molecule has 6 rings (SSSR count). The largest absolute Gasteiger partial charge is 0.443 e. The van der Waals surface area contributed by atoms with Gasteiger partial charge < -0.3 is 20.9 Å². The van der Waals surface area contributed by atoms with E-state index in [0.717, 1.165) is 9.80 Å². The number of hydrogen-bond donors (Lipinski definition) is 2. The number of carbonyl (C=O) groups excluding carboxylic acids is 6. The smallest absolute Gasteiger partial charge is 0.324 e. The summed E-state index contributed by atoms with van der Waals surface area (Å²) in [4.78, 5) is 79.9. The minimum Gasteiger partial charge on any atom is -0.443 e. The van der Waals surface area contributed by atoms with Crippen molar-refractivity contribution in [2.75, 3.05) is 37.5 Å². The van der Waals surface area contributed by atoms with Crippen LogP contribution in [0.5, 0.6) is 0 Å². The predicted molar refractivity (Wildman–Crippen MR) is 145 cm³/mol. The number of rotatable bonds is 12. The Bertz CT molecular complexity index is 1090. The molecule has 2 bridgehead atoms. The molecule has 4 fully saturated rings. The normalized spacial score (nSPS) is 34.8. The Balaban J connectivity index is 1.25. The molecule has 4 N–H and O–H groups in total. The van der Waals surface area contributed by atoms with Crippen molar-refractivity contribution in [3.8, 4) is 0 Å². The van der Waals surface area contributed by atoms with E-state index in [1.165, 1.54) is 0 Å². The molecular weight excluding hydrogens is 560 g/mol. The van der Waals surface area contributed by atoms with Crippen LogP contribution in [-0.4, -0.2) is 94.9 Å². The van der Waals surface area contributed by atoms with Crippen LogP contribution in [0.25, 0.3) is 0 Å². The highest BCUT2D eigenvalue weighted by molar-refractivity contribution is 7.98. The van der Waals surface area contributed by atoms with E-state index in [1.807, 2.05) is 24.7 Å². The number of esters is 2. The Morgan fingerprint density at radius 1 is 0.725 bits per heavy atom. The number of likely N-dealkylation sites (tertiary alicyclic amines) is 2. The molecule has 10 atom stereocenters. The van der Waals surface area contributed by atoms with Crippen LogP contribution in [0.4, 0.5) is 0 Å². The number of thioether (sulfide) groups is 2. The number of nitrogens with two attached hydrogens (primary N) is 2. The van der Waals surface area contributed by atoms with Gasteiger partial charge in [-0.15, -0.1) is 0 Å². The van der Waals surface area contributed by atoms with Crippen molar-refractivity contribution in [3.05, 3.63) is 12.2 Å². The van der Waals surface area contributed by atoms with Gasteiger partial charge in [0.05, 0.1) is 23.7 Å². The van der Waals surface area contributed by atoms with Crippen LogP contribution < -0.4 is 11.5 Å². The number of fused-ring (bicyclic) bond motifs is 1. The molecule has 0 spiro atoms. The minimum absolute atomic E-state index is 0.276. The molecule has 0 radical (unpaired) electrons. The summed E-state index contributed by atoms with van der Waals surface area (Å²) >= 11 is 3.08. The van der Waals surface area contributed by atoms with Gasteiger partial charge in [0.2, 0.25) is 23.6 Å². The summed E-state index contributed by atoms with van der Waals surface area (Å²) in [5.74, 6) is -5.74. The zero-order valence-corrected chi connectivity index (χ0v) is 23.9. The van der Waals surface area contributed by atoms with Gasteiger partial charge in [0, 0.05) is 0 Å². The molecular formula is C26H34N4O8S2. The molecule has 4 amide bonds. The van der Waals surface area contributed by atoms with Gasteiger partial charge >= 0.3 is 11.9 Å². The van der Waals surface area contributed by atoms with Gasteiger partial charge in [0.25, 0.3) is 0 Å². The van der Waals surface area contributed by atoms with Crippen molar-refractivity contribution in [3.63, 3.8) is 0 Å². The maximum absolute atomic E-state index is 13.4.